The molecule has 0 saturated heterocycles. The molecule has 0 radical (unpaired) electrons. The lowest BCUT2D eigenvalue weighted by molar-refractivity contribution is -0.148. The summed E-state index contributed by atoms with van der Waals surface area (Å²) in [7, 11) is 1.51. The molecule has 1 spiro atoms. The van der Waals surface area contributed by atoms with Crippen LogP contribution in [0.25, 0.3) is 10.8 Å². The molecule has 0 unspecified atom stereocenters. The standard InChI is InChI=1S/C48H60N4O6/c1-5-34-12-14-41(58-33(3)54)25-40(55)26-44(35-13-15-45(56)46(23-35)57-4)51-30-36-10-9-11-43(42(36)31-51)52(21-17-32(2)53)47-24-39(16-20-50-47)48(18-7-6-8-19-48)27-38-29-49-28-37(38)22-34/h9-11,13,15-16,23-24,28-31,34,41,44,49-50,56H,5-8,12,14,17-22,25-27H2,1-4H3/t34-,41+,44-/m0/s1. The van der Waals surface area contributed by atoms with Crippen molar-refractivity contribution < 1.29 is 29.0 Å². The van der Waals surface area contributed by atoms with E-state index >= 15 is 0 Å². The average Bonchev–Trinajstić information content (AvgIpc) is 3.85. The van der Waals surface area contributed by atoms with E-state index in [-0.39, 0.29) is 41.5 Å². The number of benzene rings is 2. The molecule has 308 valence electrons. The number of ether oxygens (including phenoxy) is 2. The Balaban J connectivity index is 1.38. The van der Waals surface area contributed by atoms with E-state index in [0.29, 0.717) is 37.6 Å². The van der Waals surface area contributed by atoms with Gasteiger partial charge in [0.2, 0.25) is 0 Å². The van der Waals surface area contributed by atoms with E-state index in [0.717, 1.165) is 66.4 Å². The Labute approximate surface area is 342 Å². The van der Waals surface area contributed by atoms with Gasteiger partial charge >= 0.3 is 5.97 Å². The Hall–Kier alpha value is -5.25. The number of allylic oxidation sites excluding steroid dienone is 2. The van der Waals surface area contributed by atoms with Gasteiger partial charge in [-0.15, -0.1) is 0 Å². The van der Waals surface area contributed by atoms with Crippen LogP contribution in [0.4, 0.5) is 5.69 Å². The number of nitrogens with zero attached hydrogens (tertiary/aromatic N) is 2. The van der Waals surface area contributed by atoms with E-state index in [1.165, 1.54) is 50.0 Å². The lowest BCUT2D eigenvalue weighted by atomic mass is 9.65. The number of hydrogen-bond donors (Lipinski definition) is 3. The van der Waals surface area contributed by atoms with Crippen LogP contribution in [0, 0.1) is 11.3 Å². The second-order valence-electron chi connectivity index (χ2n) is 16.9. The first-order chi connectivity index (χ1) is 28.1. The van der Waals surface area contributed by atoms with Crippen molar-refractivity contribution in [3.63, 3.8) is 0 Å². The van der Waals surface area contributed by atoms with Gasteiger partial charge in [-0.2, -0.15) is 0 Å². The number of methoxy groups -OCH3 is 1. The van der Waals surface area contributed by atoms with Gasteiger partial charge < -0.3 is 34.3 Å². The van der Waals surface area contributed by atoms with Crippen LogP contribution in [0.1, 0.15) is 114 Å². The van der Waals surface area contributed by atoms with Gasteiger partial charge in [-0.25, -0.2) is 0 Å². The van der Waals surface area contributed by atoms with E-state index in [2.05, 4.69) is 81.8 Å². The van der Waals surface area contributed by atoms with Crippen LogP contribution >= 0.6 is 0 Å². The minimum atomic E-state index is -0.532. The van der Waals surface area contributed by atoms with Crippen LogP contribution in [0.5, 0.6) is 11.5 Å². The third kappa shape index (κ3) is 9.22. The number of hydrogen-bond acceptors (Lipinski definition) is 8. The quantitative estimate of drug-likeness (QED) is 0.158. The molecule has 0 amide bonds. The minimum Gasteiger partial charge on any atom is -0.504 e. The average molecular weight is 789 g/mol. The first-order valence-electron chi connectivity index (χ1n) is 21.3. The number of aromatic hydroxyl groups is 1. The summed E-state index contributed by atoms with van der Waals surface area (Å²) in [5, 5.41) is 16.2. The van der Waals surface area contributed by atoms with Gasteiger partial charge in [-0.05, 0) is 103 Å². The Morgan fingerprint density at radius 3 is 2.55 bits per heavy atom. The molecule has 10 nitrogen and oxygen atoms in total. The van der Waals surface area contributed by atoms with Crippen molar-refractivity contribution in [2.75, 3.05) is 25.1 Å². The van der Waals surface area contributed by atoms with Crippen LogP contribution in [-0.2, 0) is 32.0 Å². The fraction of sp³-hybridized carbons (Fsp3) is 0.479. The predicted molar refractivity (Wildman–Crippen MR) is 228 cm³/mol. The zero-order valence-electron chi connectivity index (χ0n) is 34.6. The summed E-state index contributed by atoms with van der Waals surface area (Å²) in [6.07, 6.45) is 23.5. The molecule has 4 aromatic rings. The molecule has 1 aliphatic carbocycles. The Morgan fingerprint density at radius 2 is 1.79 bits per heavy atom. The SMILES string of the molecule is CC[C@H]1CC[C@@H](OC(C)=O)CC(=O)C[C@@H](c2ccc(O)c(OC)c2)n2cc3cccc(c3c2)N(CCC(C)=O)C2=CC(=CCN2)C2(CCCCC2)Cc2c[nH]cc2C1. The lowest BCUT2D eigenvalue weighted by Gasteiger charge is -2.41. The molecule has 1 fully saturated rings. The van der Waals surface area contributed by atoms with Gasteiger partial charge in [0.25, 0.3) is 0 Å². The number of H-pyrrole nitrogens is 1. The van der Waals surface area contributed by atoms with Crippen LogP contribution < -0.4 is 15.0 Å². The first-order valence-corrected chi connectivity index (χ1v) is 21.3. The molecule has 1 saturated carbocycles. The molecule has 58 heavy (non-hydrogen) atoms. The molecule has 3 atom stereocenters. The zero-order valence-corrected chi connectivity index (χ0v) is 34.6. The van der Waals surface area contributed by atoms with Crippen molar-refractivity contribution in [3.8, 4) is 11.5 Å². The second-order valence-corrected chi connectivity index (χ2v) is 16.9. The number of rotatable bonds is 7. The molecule has 4 bridgehead atoms. The second kappa shape index (κ2) is 18.1. The summed E-state index contributed by atoms with van der Waals surface area (Å²) in [5.41, 5.74) is 5.84. The number of fused-ring (bicyclic) bond motifs is 4. The Morgan fingerprint density at radius 1 is 0.983 bits per heavy atom. The number of Topliss-reactive ketones (excluding diaryl/α,β-unsaturated/α-hetero) is 2. The van der Waals surface area contributed by atoms with Crippen molar-refractivity contribution in [2.45, 2.75) is 116 Å². The number of ketones is 2. The molecule has 2 aliphatic heterocycles. The van der Waals surface area contributed by atoms with E-state index in [1.54, 1.807) is 19.1 Å². The van der Waals surface area contributed by atoms with Gasteiger partial charge in [-0.1, -0.05) is 56.9 Å². The predicted octanol–water partition coefficient (Wildman–Crippen LogP) is 9.27. The van der Waals surface area contributed by atoms with Crippen molar-refractivity contribution in [1.82, 2.24) is 14.9 Å². The monoisotopic (exact) mass is 788 g/mol. The van der Waals surface area contributed by atoms with Crippen LogP contribution in [0.3, 0.4) is 0 Å². The van der Waals surface area contributed by atoms with E-state index in [1.807, 2.05) is 6.07 Å². The highest BCUT2D eigenvalue weighted by atomic mass is 16.5. The third-order valence-electron chi connectivity index (χ3n) is 12.9. The maximum Gasteiger partial charge on any atom is 0.302 e. The van der Waals surface area contributed by atoms with Gasteiger partial charge in [0.05, 0.1) is 18.8 Å². The molecule has 7 rings (SSSR count). The number of dihydropyridines is 1. The van der Waals surface area contributed by atoms with Crippen LogP contribution in [-0.4, -0.2) is 58.5 Å². The number of carbonyl (C=O) groups is 3. The van der Waals surface area contributed by atoms with Crippen molar-refractivity contribution >= 4 is 34.0 Å². The van der Waals surface area contributed by atoms with Crippen LogP contribution in [0.2, 0.25) is 0 Å². The molecular weight excluding hydrogens is 729 g/mol. The maximum atomic E-state index is 14.2. The Kier molecular flexibility index (Phi) is 12.8. The van der Waals surface area contributed by atoms with E-state index < -0.39 is 12.1 Å². The third-order valence-corrected chi connectivity index (χ3v) is 12.9. The number of anilines is 1. The lowest BCUT2D eigenvalue weighted by Crippen LogP contribution is -2.38. The Bertz CT molecular complexity index is 2170. The molecular formula is C48H60N4O6. The van der Waals surface area contributed by atoms with Crippen LogP contribution in [0.15, 0.2) is 84.7 Å². The van der Waals surface area contributed by atoms with Crippen molar-refractivity contribution in [3.05, 3.63) is 101 Å². The molecule has 3 N–H and O–H groups in total. The summed E-state index contributed by atoms with van der Waals surface area (Å²) in [5.74, 6) is 1.40. The summed E-state index contributed by atoms with van der Waals surface area (Å²) in [6.45, 7) is 6.49. The number of carbonyl (C=O) groups excluding carboxylic acids is 3. The smallest absolute Gasteiger partial charge is 0.302 e. The molecule has 3 aliphatic rings. The fourth-order valence-electron chi connectivity index (χ4n) is 9.71. The fourth-order valence-corrected chi connectivity index (χ4v) is 9.71. The largest absolute Gasteiger partial charge is 0.504 e. The van der Waals surface area contributed by atoms with Gasteiger partial charge in [0.15, 0.2) is 11.5 Å². The number of phenols is 1. The molecule has 4 heterocycles. The van der Waals surface area contributed by atoms with Gasteiger partial charge in [0.1, 0.15) is 23.5 Å². The molecule has 2 aromatic carbocycles. The first kappa shape index (κ1) is 40.9. The summed E-state index contributed by atoms with van der Waals surface area (Å²) >= 11 is 0. The summed E-state index contributed by atoms with van der Waals surface area (Å²) < 4.78 is 13.4. The number of esters is 1. The van der Waals surface area contributed by atoms with E-state index in [9.17, 15) is 19.5 Å². The topological polar surface area (TPSA) is 126 Å². The highest BCUT2D eigenvalue weighted by molar-refractivity contribution is 5.95. The maximum absolute atomic E-state index is 14.2. The molecule has 2 aromatic heterocycles. The number of aromatic nitrogens is 2. The summed E-state index contributed by atoms with van der Waals surface area (Å²) in [6, 6.07) is 11.0. The van der Waals surface area contributed by atoms with Gasteiger partial charge in [-0.3, -0.25) is 14.4 Å². The van der Waals surface area contributed by atoms with Crippen molar-refractivity contribution in [1.29, 1.82) is 0 Å². The highest BCUT2D eigenvalue weighted by Gasteiger charge is 2.37. The highest BCUT2D eigenvalue weighted by Crippen LogP contribution is 2.48. The number of nitrogens with one attached hydrogen (secondary N) is 2. The number of phenolic OH excluding ortho intramolecular Hbond substituents is 1. The van der Waals surface area contributed by atoms with Gasteiger partial charge in [0, 0.05) is 74.8 Å². The van der Waals surface area contributed by atoms with E-state index in [4.69, 9.17) is 9.47 Å². The zero-order chi connectivity index (χ0) is 40.8. The van der Waals surface area contributed by atoms with Crippen molar-refractivity contribution in [2.24, 2.45) is 11.3 Å². The summed E-state index contributed by atoms with van der Waals surface area (Å²) in [4.78, 5) is 44.9. The normalized spacial score (nSPS) is 21.7. The molecule has 10 heteroatoms. The number of aromatic amines is 1. The minimum absolute atomic E-state index is 0.0101.